The summed E-state index contributed by atoms with van der Waals surface area (Å²) in [5.74, 6) is 1.67. The fourth-order valence-corrected chi connectivity index (χ4v) is 1.92. The summed E-state index contributed by atoms with van der Waals surface area (Å²) in [5, 5.41) is 9.49. The molecule has 0 fully saturated rings. The summed E-state index contributed by atoms with van der Waals surface area (Å²) in [6.45, 7) is 8.05. The molecule has 17 heavy (non-hydrogen) atoms. The van der Waals surface area contributed by atoms with Gasteiger partial charge in [0.05, 0.1) is 20.8 Å². The normalized spacial score (nSPS) is 11.5. The topological polar surface area (TPSA) is 38.7 Å². The van der Waals surface area contributed by atoms with E-state index in [1.165, 1.54) is 0 Å². The van der Waals surface area contributed by atoms with Gasteiger partial charge in [-0.2, -0.15) is 0 Å². The molecule has 0 bridgehead atoms. The number of aliphatic hydroxyl groups is 1. The predicted molar refractivity (Wildman–Crippen MR) is 69.1 cm³/mol. The van der Waals surface area contributed by atoms with E-state index in [1.54, 1.807) is 14.2 Å². The maximum Gasteiger partial charge on any atom is 0.126 e. The zero-order chi connectivity index (χ0) is 13.2. The van der Waals surface area contributed by atoms with Crippen LogP contribution in [0.4, 0.5) is 0 Å². The van der Waals surface area contributed by atoms with E-state index in [2.05, 4.69) is 0 Å². The monoisotopic (exact) mass is 238 g/mol. The van der Waals surface area contributed by atoms with E-state index in [4.69, 9.17) is 9.47 Å². The van der Waals surface area contributed by atoms with Crippen molar-refractivity contribution in [1.29, 1.82) is 0 Å². The first-order chi connectivity index (χ1) is 7.88. The Morgan fingerprint density at radius 1 is 1.12 bits per heavy atom. The van der Waals surface area contributed by atoms with Crippen molar-refractivity contribution in [3.8, 4) is 11.5 Å². The Bertz CT molecular complexity index is 408. The van der Waals surface area contributed by atoms with Crippen LogP contribution >= 0.6 is 0 Å². The van der Waals surface area contributed by atoms with Crippen LogP contribution in [0.15, 0.2) is 6.07 Å². The van der Waals surface area contributed by atoms with Crippen LogP contribution in [0.25, 0.3) is 0 Å². The van der Waals surface area contributed by atoms with E-state index in [0.717, 1.165) is 28.2 Å². The Kier molecular flexibility index (Phi) is 4.04. The van der Waals surface area contributed by atoms with Gasteiger partial charge in [0.15, 0.2) is 0 Å². The van der Waals surface area contributed by atoms with Crippen LogP contribution in [0.5, 0.6) is 11.5 Å². The van der Waals surface area contributed by atoms with E-state index in [1.807, 2.05) is 33.8 Å². The van der Waals surface area contributed by atoms with E-state index < -0.39 is 0 Å². The van der Waals surface area contributed by atoms with Crippen molar-refractivity contribution in [3.05, 3.63) is 22.8 Å². The average Bonchev–Trinajstić information content (AvgIpc) is 2.32. The molecule has 0 atom stereocenters. The van der Waals surface area contributed by atoms with Gasteiger partial charge in [0.2, 0.25) is 0 Å². The van der Waals surface area contributed by atoms with Gasteiger partial charge in [0, 0.05) is 11.0 Å². The van der Waals surface area contributed by atoms with E-state index in [-0.39, 0.29) is 12.0 Å². The Morgan fingerprint density at radius 3 is 2.12 bits per heavy atom. The zero-order valence-electron chi connectivity index (χ0n) is 11.5. The lowest BCUT2D eigenvalue weighted by Gasteiger charge is -2.27. The molecule has 1 aromatic carbocycles. The zero-order valence-corrected chi connectivity index (χ0v) is 11.5. The number of methoxy groups -OCH3 is 2. The third-order valence-corrected chi connectivity index (χ3v) is 3.34. The van der Waals surface area contributed by atoms with Gasteiger partial charge >= 0.3 is 0 Å². The molecule has 0 aromatic heterocycles. The molecule has 0 amide bonds. The van der Waals surface area contributed by atoms with Crippen LogP contribution in [-0.2, 0) is 5.41 Å². The molecule has 0 saturated carbocycles. The molecule has 0 heterocycles. The van der Waals surface area contributed by atoms with Crippen molar-refractivity contribution in [1.82, 2.24) is 0 Å². The third-order valence-electron chi connectivity index (χ3n) is 3.34. The van der Waals surface area contributed by atoms with Crippen LogP contribution in [-0.4, -0.2) is 25.9 Å². The predicted octanol–water partition coefficient (Wildman–Crippen LogP) is 2.59. The van der Waals surface area contributed by atoms with Crippen molar-refractivity contribution in [2.75, 3.05) is 20.8 Å². The van der Waals surface area contributed by atoms with Crippen LogP contribution in [0.3, 0.4) is 0 Å². The highest BCUT2D eigenvalue weighted by atomic mass is 16.5. The quantitative estimate of drug-likeness (QED) is 0.876. The highest BCUT2D eigenvalue weighted by Crippen LogP contribution is 2.39. The Morgan fingerprint density at radius 2 is 1.71 bits per heavy atom. The lowest BCUT2D eigenvalue weighted by atomic mass is 9.83. The van der Waals surface area contributed by atoms with Crippen molar-refractivity contribution in [3.63, 3.8) is 0 Å². The van der Waals surface area contributed by atoms with Crippen molar-refractivity contribution >= 4 is 0 Å². The molecule has 0 unspecified atom stereocenters. The number of benzene rings is 1. The molecule has 0 aliphatic carbocycles. The summed E-state index contributed by atoms with van der Waals surface area (Å²) in [6.07, 6.45) is 0. The van der Waals surface area contributed by atoms with Gasteiger partial charge in [0.1, 0.15) is 11.5 Å². The number of rotatable bonds is 4. The standard InChI is InChI=1S/C14H22O3/c1-9-10(2)13(17-6)11(7-12(9)16-5)14(3,4)8-15/h7,15H,8H2,1-6H3. The molecule has 0 aliphatic rings. The van der Waals surface area contributed by atoms with Crippen molar-refractivity contribution < 1.29 is 14.6 Å². The molecular weight excluding hydrogens is 216 g/mol. The van der Waals surface area contributed by atoms with Crippen LogP contribution in [0.1, 0.15) is 30.5 Å². The minimum Gasteiger partial charge on any atom is -0.496 e. The average molecular weight is 238 g/mol. The smallest absolute Gasteiger partial charge is 0.126 e. The Hall–Kier alpha value is -1.22. The molecular formula is C14H22O3. The minimum atomic E-state index is -0.350. The number of ether oxygens (including phenoxy) is 2. The lowest BCUT2D eigenvalue weighted by Crippen LogP contribution is -2.23. The van der Waals surface area contributed by atoms with Gasteiger partial charge in [-0.15, -0.1) is 0 Å². The van der Waals surface area contributed by atoms with Gasteiger partial charge in [-0.05, 0) is 31.0 Å². The molecule has 0 saturated heterocycles. The van der Waals surface area contributed by atoms with Crippen molar-refractivity contribution in [2.45, 2.75) is 33.1 Å². The van der Waals surface area contributed by atoms with Crippen LogP contribution < -0.4 is 9.47 Å². The van der Waals surface area contributed by atoms with E-state index in [0.29, 0.717) is 0 Å². The summed E-state index contributed by atoms with van der Waals surface area (Å²) in [4.78, 5) is 0. The molecule has 0 aliphatic heterocycles. The van der Waals surface area contributed by atoms with Crippen molar-refractivity contribution in [2.24, 2.45) is 0 Å². The Labute approximate surface area is 103 Å². The number of hydrogen-bond donors (Lipinski definition) is 1. The van der Waals surface area contributed by atoms with Gasteiger partial charge in [-0.1, -0.05) is 13.8 Å². The van der Waals surface area contributed by atoms with Gasteiger partial charge in [-0.3, -0.25) is 0 Å². The second kappa shape index (κ2) is 4.96. The van der Waals surface area contributed by atoms with Gasteiger partial charge < -0.3 is 14.6 Å². The maximum atomic E-state index is 9.49. The second-order valence-electron chi connectivity index (χ2n) is 4.95. The summed E-state index contributed by atoms with van der Waals surface area (Å²) in [7, 11) is 3.31. The first-order valence-corrected chi connectivity index (χ1v) is 5.72. The first-order valence-electron chi connectivity index (χ1n) is 5.72. The summed E-state index contributed by atoms with van der Waals surface area (Å²) >= 11 is 0. The fourth-order valence-electron chi connectivity index (χ4n) is 1.92. The molecule has 0 radical (unpaired) electrons. The molecule has 1 aromatic rings. The molecule has 96 valence electrons. The SMILES string of the molecule is COc1cc(C(C)(C)CO)c(OC)c(C)c1C. The molecule has 3 nitrogen and oxygen atoms in total. The molecule has 0 spiro atoms. The highest BCUT2D eigenvalue weighted by molar-refractivity contribution is 5.55. The van der Waals surface area contributed by atoms with Gasteiger partial charge in [-0.25, -0.2) is 0 Å². The molecule has 1 rings (SSSR count). The molecule has 3 heteroatoms. The summed E-state index contributed by atoms with van der Waals surface area (Å²) in [6, 6.07) is 1.96. The van der Waals surface area contributed by atoms with E-state index >= 15 is 0 Å². The number of hydrogen-bond acceptors (Lipinski definition) is 3. The fraction of sp³-hybridized carbons (Fsp3) is 0.571. The third kappa shape index (κ3) is 2.39. The van der Waals surface area contributed by atoms with Crippen LogP contribution in [0.2, 0.25) is 0 Å². The Balaban J connectivity index is 3.53. The molecule has 1 N–H and O–H groups in total. The highest BCUT2D eigenvalue weighted by Gasteiger charge is 2.26. The second-order valence-corrected chi connectivity index (χ2v) is 4.95. The lowest BCUT2D eigenvalue weighted by molar-refractivity contribution is 0.214. The van der Waals surface area contributed by atoms with Crippen LogP contribution in [0, 0.1) is 13.8 Å². The maximum absolute atomic E-state index is 9.49. The summed E-state index contributed by atoms with van der Waals surface area (Å²) < 4.78 is 10.8. The largest absolute Gasteiger partial charge is 0.496 e. The van der Waals surface area contributed by atoms with E-state index in [9.17, 15) is 5.11 Å². The van der Waals surface area contributed by atoms with Gasteiger partial charge in [0.25, 0.3) is 0 Å². The number of aliphatic hydroxyl groups excluding tert-OH is 1. The first kappa shape index (κ1) is 13.8. The minimum absolute atomic E-state index is 0.0645. The summed E-state index contributed by atoms with van der Waals surface area (Å²) in [5.41, 5.74) is 2.75.